The van der Waals surface area contributed by atoms with Gasteiger partial charge < -0.3 is 10.1 Å². The van der Waals surface area contributed by atoms with E-state index in [1.807, 2.05) is 0 Å². The minimum atomic E-state index is -0.635. The zero-order chi connectivity index (χ0) is 22.0. The predicted octanol–water partition coefficient (Wildman–Crippen LogP) is 3.33. The van der Waals surface area contributed by atoms with Crippen molar-refractivity contribution in [3.8, 4) is 0 Å². The van der Waals surface area contributed by atoms with Crippen LogP contribution in [0.4, 0.5) is 10.1 Å². The minimum Gasteiger partial charge on any atom is -0.455 e. The highest BCUT2D eigenvalue weighted by atomic mass is 19.1. The normalized spacial score (nSPS) is 12.0. The van der Waals surface area contributed by atoms with Gasteiger partial charge in [-0.1, -0.05) is 36.4 Å². The van der Waals surface area contributed by atoms with Crippen molar-refractivity contribution in [2.24, 2.45) is 0 Å². The summed E-state index contributed by atoms with van der Waals surface area (Å²) in [5.74, 6) is -2.19. The standard InChI is InChI=1S/C24H16FNO5/c25-15-7-5-14(6-8-15)11-22(28)31-13-21(27)26-16-9-10-19-20(12-16)24(30)18-4-2-1-3-17(18)23(19)29/h1-10,12H,11,13H2,(H,26,27). The summed E-state index contributed by atoms with van der Waals surface area (Å²) in [5.41, 5.74) is 2.01. The van der Waals surface area contributed by atoms with Crippen molar-refractivity contribution >= 4 is 29.1 Å². The molecular weight excluding hydrogens is 401 g/mol. The molecular formula is C24H16FNO5. The third-order valence-corrected chi connectivity index (χ3v) is 4.83. The smallest absolute Gasteiger partial charge is 0.310 e. The van der Waals surface area contributed by atoms with Crippen LogP contribution in [0.25, 0.3) is 0 Å². The lowest BCUT2D eigenvalue weighted by Crippen LogP contribution is -2.23. The van der Waals surface area contributed by atoms with Gasteiger partial charge in [-0.05, 0) is 35.9 Å². The maximum Gasteiger partial charge on any atom is 0.310 e. The molecule has 1 aliphatic carbocycles. The van der Waals surface area contributed by atoms with Crippen molar-refractivity contribution in [2.45, 2.75) is 6.42 Å². The molecule has 4 rings (SSSR count). The second-order valence-corrected chi connectivity index (χ2v) is 6.98. The fourth-order valence-corrected chi connectivity index (χ4v) is 3.34. The van der Waals surface area contributed by atoms with Gasteiger partial charge >= 0.3 is 5.97 Å². The first kappa shape index (κ1) is 20.2. The van der Waals surface area contributed by atoms with Gasteiger partial charge in [-0.15, -0.1) is 0 Å². The topological polar surface area (TPSA) is 89.5 Å². The van der Waals surface area contributed by atoms with Crippen molar-refractivity contribution in [3.63, 3.8) is 0 Å². The number of benzene rings is 3. The molecule has 1 aliphatic rings. The van der Waals surface area contributed by atoms with E-state index in [9.17, 15) is 23.6 Å². The van der Waals surface area contributed by atoms with Gasteiger partial charge in [0, 0.05) is 27.9 Å². The Kier molecular flexibility index (Phi) is 5.41. The summed E-state index contributed by atoms with van der Waals surface area (Å²) in [5, 5.41) is 2.55. The number of ketones is 2. The Balaban J connectivity index is 1.39. The van der Waals surface area contributed by atoms with Crippen LogP contribution in [0.5, 0.6) is 0 Å². The quantitative estimate of drug-likeness (QED) is 0.503. The van der Waals surface area contributed by atoms with Gasteiger partial charge in [-0.2, -0.15) is 0 Å². The van der Waals surface area contributed by atoms with Crippen molar-refractivity contribution < 1.29 is 28.3 Å². The van der Waals surface area contributed by atoms with Crippen LogP contribution in [0, 0.1) is 5.82 Å². The summed E-state index contributed by atoms with van der Waals surface area (Å²) < 4.78 is 17.8. The Morgan fingerprint density at radius 3 is 2.10 bits per heavy atom. The number of nitrogens with one attached hydrogen (secondary N) is 1. The van der Waals surface area contributed by atoms with E-state index >= 15 is 0 Å². The molecule has 0 aromatic heterocycles. The van der Waals surface area contributed by atoms with Crippen LogP contribution in [0.1, 0.15) is 37.4 Å². The molecule has 0 fully saturated rings. The number of hydrogen-bond acceptors (Lipinski definition) is 5. The van der Waals surface area contributed by atoms with E-state index < -0.39 is 24.3 Å². The van der Waals surface area contributed by atoms with Gasteiger partial charge in [-0.25, -0.2) is 4.39 Å². The maximum atomic E-state index is 12.9. The molecule has 7 heteroatoms. The molecule has 0 saturated carbocycles. The second kappa shape index (κ2) is 8.31. The summed E-state index contributed by atoms with van der Waals surface area (Å²) in [6.45, 7) is -0.521. The van der Waals surface area contributed by atoms with Crippen LogP contribution < -0.4 is 5.32 Å². The lowest BCUT2D eigenvalue weighted by molar-refractivity contribution is -0.146. The van der Waals surface area contributed by atoms with Gasteiger partial charge in [0.05, 0.1) is 6.42 Å². The fourth-order valence-electron chi connectivity index (χ4n) is 3.34. The van der Waals surface area contributed by atoms with E-state index in [1.54, 1.807) is 24.3 Å². The molecule has 0 bridgehead atoms. The number of ether oxygens (including phenoxy) is 1. The molecule has 0 radical (unpaired) electrons. The van der Waals surface area contributed by atoms with Crippen LogP contribution >= 0.6 is 0 Å². The van der Waals surface area contributed by atoms with Crippen molar-refractivity contribution in [3.05, 3.63) is 100 Å². The van der Waals surface area contributed by atoms with E-state index in [-0.39, 0.29) is 29.1 Å². The van der Waals surface area contributed by atoms with E-state index in [0.29, 0.717) is 22.4 Å². The average molecular weight is 417 g/mol. The number of hydrogen-bond donors (Lipinski definition) is 1. The molecule has 0 saturated heterocycles. The van der Waals surface area contributed by atoms with E-state index in [4.69, 9.17) is 4.74 Å². The average Bonchev–Trinajstić information content (AvgIpc) is 2.77. The third kappa shape index (κ3) is 4.25. The number of carbonyl (C=O) groups excluding carboxylic acids is 4. The molecule has 0 heterocycles. The van der Waals surface area contributed by atoms with E-state index in [1.165, 1.54) is 42.5 Å². The molecule has 154 valence electrons. The molecule has 0 aliphatic heterocycles. The molecule has 1 amide bonds. The summed E-state index contributed by atoms with van der Waals surface area (Å²) in [6.07, 6.45) is -0.0948. The van der Waals surface area contributed by atoms with Crippen LogP contribution in [0.15, 0.2) is 66.7 Å². The van der Waals surface area contributed by atoms with Crippen LogP contribution in [0.2, 0.25) is 0 Å². The number of carbonyl (C=O) groups is 4. The van der Waals surface area contributed by atoms with Gasteiger partial charge in [0.2, 0.25) is 0 Å². The minimum absolute atomic E-state index is 0.0948. The monoisotopic (exact) mass is 417 g/mol. The van der Waals surface area contributed by atoms with E-state index in [0.717, 1.165) is 0 Å². The van der Waals surface area contributed by atoms with Gasteiger partial charge in [-0.3, -0.25) is 19.2 Å². The Morgan fingerprint density at radius 2 is 1.42 bits per heavy atom. The van der Waals surface area contributed by atoms with E-state index in [2.05, 4.69) is 5.32 Å². The SMILES string of the molecule is O=C(COC(=O)Cc1ccc(F)cc1)Nc1ccc2c(c1)C(=O)c1ccccc1C2=O. The molecule has 0 atom stereocenters. The molecule has 3 aromatic rings. The number of fused-ring (bicyclic) bond motifs is 2. The zero-order valence-electron chi connectivity index (χ0n) is 16.2. The lowest BCUT2D eigenvalue weighted by atomic mass is 9.84. The zero-order valence-corrected chi connectivity index (χ0v) is 16.2. The first-order valence-electron chi connectivity index (χ1n) is 9.45. The first-order chi connectivity index (χ1) is 14.9. The summed E-state index contributed by atoms with van der Waals surface area (Å²) in [4.78, 5) is 49.4. The number of amides is 1. The Bertz CT molecular complexity index is 1220. The Labute approximate surface area is 176 Å². The number of rotatable bonds is 5. The lowest BCUT2D eigenvalue weighted by Gasteiger charge is -2.18. The van der Waals surface area contributed by atoms with Crippen molar-refractivity contribution in [1.82, 2.24) is 0 Å². The van der Waals surface area contributed by atoms with Crippen LogP contribution in [-0.2, 0) is 20.7 Å². The highest BCUT2D eigenvalue weighted by Gasteiger charge is 2.29. The molecule has 0 unspecified atom stereocenters. The molecule has 31 heavy (non-hydrogen) atoms. The summed E-state index contributed by atoms with van der Waals surface area (Å²) in [6, 6.07) is 16.4. The first-order valence-corrected chi connectivity index (χ1v) is 9.45. The van der Waals surface area contributed by atoms with Gasteiger partial charge in [0.25, 0.3) is 5.91 Å². The van der Waals surface area contributed by atoms with Crippen molar-refractivity contribution in [2.75, 3.05) is 11.9 Å². The molecule has 0 spiro atoms. The largest absolute Gasteiger partial charge is 0.455 e. The van der Waals surface area contributed by atoms with Gasteiger partial charge in [0.15, 0.2) is 18.2 Å². The molecule has 1 N–H and O–H groups in total. The Morgan fingerprint density at radius 1 is 0.806 bits per heavy atom. The second-order valence-electron chi connectivity index (χ2n) is 6.98. The number of esters is 1. The predicted molar refractivity (Wildman–Crippen MR) is 109 cm³/mol. The molecule has 6 nitrogen and oxygen atoms in total. The van der Waals surface area contributed by atoms with Crippen molar-refractivity contribution in [1.29, 1.82) is 0 Å². The molecule has 3 aromatic carbocycles. The summed E-state index contributed by atoms with van der Waals surface area (Å²) >= 11 is 0. The number of halogens is 1. The highest BCUT2D eigenvalue weighted by molar-refractivity contribution is 6.28. The maximum absolute atomic E-state index is 12.9. The fraction of sp³-hybridized carbons (Fsp3) is 0.0833. The highest BCUT2D eigenvalue weighted by Crippen LogP contribution is 2.29. The van der Waals surface area contributed by atoms with Gasteiger partial charge in [0.1, 0.15) is 5.82 Å². The van der Waals surface area contributed by atoms with Crippen LogP contribution in [-0.4, -0.2) is 30.0 Å². The Hall–Kier alpha value is -4.13. The number of anilines is 1. The third-order valence-electron chi connectivity index (χ3n) is 4.83. The summed E-state index contributed by atoms with van der Waals surface area (Å²) in [7, 11) is 0. The van der Waals surface area contributed by atoms with Crippen LogP contribution in [0.3, 0.4) is 0 Å².